The number of benzene rings is 1. The van der Waals surface area contributed by atoms with Gasteiger partial charge in [-0.2, -0.15) is 0 Å². The lowest BCUT2D eigenvalue weighted by atomic mass is 10.1. The Morgan fingerprint density at radius 2 is 1.83 bits per heavy atom. The molecule has 2 rings (SSSR count). The number of rotatable bonds is 7. The first-order chi connectivity index (χ1) is 11.0. The first kappa shape index (κ1) is 18.2. The molecule has 1 heterocycles. The average molecular weight is 340 g/mol. The minimum absolute atomic E-state index is 0.0722. The minimum Gasteiger partial charge on any atom is -0.392 e. The molecule has 1 aromatic carbocycles. The molecule has 0 spiro atoms. The number of β-amino-alcohol motifs (C(OH)–C–C–N with tert-alkyl or cyclic N) is 1. The van der Waals surface area contributed by atoms with Gasteiger partial charge in [-0.15, -0.1) is 0 Å². The van der Waals surface area contributed by atoms with Crippen LogP contribution < -0.4 is 5.32 Å². The van der Waals surface area contributed by atoms with Gasteiger partial charge in [-0.3, -0.25) is 14.6 Å². The Hall–Kier alpha value is -1.14. The second-order valence-corrected chi connectivity index (χ2v) is 6.59. The standard InChI is InChI=1S/C17H26ClN3O2/c1-14(22)12-20-8-10-21(11-9-20)13-17(23)19-7-6-15-2-4-16(18)5-3-15/h2-5,14,22H,6-13H2,1H3,(H,19,23)/t14-/m1/s1. The van der Waals surface area contributed by atoms with Gasteiger partial charge in [0.2, 0.25) is 5.91 Å². The van der Waals surface area contributed by atoms with Gasteiger partial charge >= 0.3 is 0 Å². The van der Waals surface area contributed by atoms with Crippen LogP contribution in [0.25, 0.3) is 0 Å². The van der Waals surface area contributed by atoms with Crippen molar-refractivity contribution in [3.63, 3.8) is 0 Å². The summed E-state index contributed by atoms with van der Waals surface area (Å²) in [6.45, 7) is 7.16. The van der Waals surface area contributed by atoms with Gasteiger partial charge in [-0.05, 0) is 31.0 Å². The van der Waals surface area contributed by atoms with Gasteiger partial charge < -0.3 is 10.4 Å². The van der Waals surface area contributed by atoms with Gasteiger partial charge in [0.15, 0.2) is 0 Å². The van der Waals surface area contributed by atoms with Gasteiger partial charge in [0, 0.05) is 44.3 Å². The highest BCUT2D eigenvalue weighted by molar-refractivity contribution is 6.30. The van der Waals surface area contributed by atoms with Crippen LogP contribution in [-0.2, 0) is 11.2 Å². The highest BCUT2D eigenvalue weighted by atomic mass is 35.5. The smallest absolute Gasteiger partial charge is 0.234 e. The highest BCUT2D eigenvalue weighted by Gasteiger charge is 2.19. The number of piperazine rings is 1. The first-order valence-electron chi connectivity index (χ1n) is 8.17. The molecule has 0 aliphatic carbocycles. The van der Waals surface area contributed by atoms with Crippen molar-refractivity contribution in [2.24, 2.45) is 0 Å². The Balaban J connectivity index is 1.61. The number of nitrogens with zero attached hydrogens (tertiary/aromatic N) is 2. The molecular formula is C17H26ClN3O2. The summed E-state index contributed by atoms with van der Waals surface area (Å²) in [6.07, 6.45) is 0.517. The first-order valence-corrected chi connectivity index (χ1v) is 8.54. The number of aliphatic hydroxyl groups excluding tert-OH is 1. The molecule has 6 heteroatoms. The number of nitrogens with one attached hydrogen (secondary N) is 1. The summed E-state index contributed by atoms with van der Waals surface area (Å²) in [5.41, 5.74) is 1.17. The molecule has 0 saturated carbocycles. The quantitative estimate of drug-likeness (QED) is 0.778. The molecule has 1 aliphatic rings. The molecule has 0 aromatic heterocycles. The minimum atomic E-state index is -0.294. The molecule has 1 atom stereocenters. The molecule has 1 amide bonds. The molecule has 0 radical (unpaired) electrons. The lowest BCUT2D eigenvalue weighted by Crippen LogP contribution is -2.50. The average Bonchev–Trinajstić information content (AvgIpc) is 2.51. The summed E-state index contributed by atoms with van der Waals surface area (Å²) in [6, 6.07) is 7.70. The fraction of sp³-hybridized carbons (Fsp3) is 0.588. The van der Waals surface area contributed by atoms with Crippen molar-refractivity contribution in [1.29, 1.82) is 0 Å². The number of aliphatic hydroxyl groups is 1. The Morgan fingerprint density at radius 3 is 2.43 bits per heavy atom. The third-order valence-corrected chi connectivity index (χ3v) is 4.26. The van der Waals surface area contributed by atoms with Crippen molar-refractivity contribution in [3.8, 4) is 0 Å². The molecule has 2 N–H and O–H groups in total. The number of hydrogen-bond acceptors (Lipinski definition) is 4. The maximum Gasteiger partial charge on any atom is 0.234 e. The van der Waals surface area contributed by atoms with Gasteiger partial charge in [-0.25, -0.2) is 0 Å². The molecule has 0 bridgehead atoms. The summed E-state index contributed by atoms with van der Waals surface area (Å²) in [5, 5.41) is 13.1. The Morgan fingerprint density at radius 1 is 1.22 bits per heavy atom. The molecule has 0 unspecified atom stereocenters. The van der Waals surface area contributed by atoms with Gasteiger partial charge in [-0.1, -0.05) is 23.7 Å². The molecule has 1 aromatic rings. The van der Waals surface area contributed by atoms with Crippen LogP contribution >= 0.6 is 11.6 Å². The molecule has 128 valence electrons. The third kappa shape index (κ3) is 6.87. The normalized spacial score (nSPS) is 17.9. The van der Waals surface area contributed by atoms with E-state index >= 15 is 0 Å². The van der Waals surface area contributed by atoms with E-state index in [-0.39, 0.29) is 12.0 Å². The van der Waals surface area contributed by atoms with Crippen molar-refractivity contribution >= 4 is 17.5 Å². The lowest BCUT2D eigenvalue weighted by molar-refractivity contribution is -0.122. The van der Waals surface area contributed by atoms with E-state index in [9.17, 15) is 9.90 Å². The Bertz CT molecular complexity index is 485. The second kappa shape index (κ2) is 9.23. The largest absolute Gasteiger partial charge is 0.392 e. The van der Waals surface area contributed by atoms with Crippen molar-refractivity contribution in [1.82, 2.24) is 15.1 Å². The van der Waals surface area contributed by atoms with Gasteiger partial charge in [0.1, 0.15) is 0 Å². The number of carbonyl (C=O) groups excluding carboxylic acids is 1. The summed E-state index contributed by atoms with van der Waals surface area (Å²) in [5.74, 6) is 0.0722. The Labute approximate surface area is 143 Å². The van der Waals surface area contributed by atoms with E-state index in [0.717, 1.165) is 37.6 Å². The predicted octanol–water partition coefficient (Wildman–Crippen LogP) is 0.997. The van der Waals surface area contributed by atoms with Crippen LogP contribution in [0.3, 0.4) is 0 Å². The summed E-state index contributed by atoms with van der Waals surface area (Å²) in [7, 11) is 0. The van der Waals surface area contributed by atoms with Crippen molar-refractivity contribution in [3.05, 3.63) is 34.9 Å². The van der Waals surface area contributed by atoms with Gasteiger partial charge in [0.05, 0.1) is 12.6 Å². The number of carbonyl (C=O) groups is 1. The van der Waals surface area contributed by atoms with Crippen molar-refractivity contribution in [2.45, 2.75) is 19.4 Å². The van der Waals surface area contributed by atoms with Crippen molar-refractivity contribution < 1.29 is 9.90 Å². The molecule has 1 fully saturated rings. The Kier molecular flexibility index (Phi) is 7.30. The summed E-state index contributed by atoms with van der Waals surface area (Å²) < 4.78 is 0. The van der Waals surface area contributed by atoms with Crippen LogP contribution in [0.5, 0.6) is 0 Å². The van der Waals surface area contributed by atoms with Crippen LogP contribution in [0.15, 0.2) is 24.3 Å². The van der Waals surface area contributed by atoms with E-state index in [4.69, 9.17) is 11.6 Å². The summed E-state index contributed by atoms with van der Waals surface area (Å²) >= 11 is 5.85. The zero-order valence-electron chi connectivity index (χ0n) is 13.7. The number of halogens is 1. The molecule has 5 nitrogen and oxygen atoms in total. The van der Waals surface area contributed by atoms with Gasteiger partial charge in [0.25, 0.3) is 0 Å². The van der Waals surface area contributed by atoms with Crippen LogP contribution in [0.1, 0.15) is 12.5 Å². The molecule has 23 heavy (non-hydrogen) atoms. The van der Waals surface area contributed by atoms with E-state index < -0.39 is 0 Å². The monoisotopic (exact) mass is 339 g/mol. The predicted molar refractivity (Wildman–Crippen MR) is 92.7 cm³/mol. The highest BCUT2D eigenvalue weighted by Crippen LogP contribution is 2.09. The topological polar surface area (TPSA) is 55.8 Å². The molecule has 1 saturated heterocycles. The van der Waals surface area contributed by atoms with E-state index in [1.165, 1.54) is 5.56 Å². The fourth-order valence-corrected chi connectivity index (χ4v) is 2.89. The number of amides is 1. The van der Waals surface area contributed by atoms with E-state index in [1.807, 2.05) is 24.3 Å². The number of hydrogen-bond donors (Lipinski definition) is 2. The lowest BCUT2D eigenvalue weighted by Gasteiger charge is -2.34. The van der Waals surface area contributed by atoms with Crippen molar-refractivity contribution in [2.75, 3.05) is 45.8 Å². The van der Waals surface area contributed by atoms with Crippen LogP contribution in [0.2, 0.25) is 5.02 Å². The van der Waals surface area contributed by atoms with E-state index in [1.54, 1.807) is 6.92 Å². The second-order valence-electron chi connectivity index (χ2n) is 6.15. The van der Waals surface area contributed by atoms with Crippen LogP contribution in [-0.4, -0.2) is 72.7 Å². The SMILES string of the molecule is C[C@@H](O)CN1CCN(CC(=O)NCCc2ccc(Cl)cc2)CC1. The zero-order chi connectivity index (χ0) is 16.7. The third-order valence-electron chi connectivity index (χ3n) is 4.00. The molecule has 1 aliphatic heterocycles. The van der Waals surface area contributed by atoms with E-state index in [2.05, 4.69) is 15.1 Å². The zero-order valence-corrected chi connectivity index (χ0v) is 14.4. The molecular weight excluding hydrogens is 314 g/mol. The van der Waals surface area contributed by atoms with E-state index in [0.29, 0.717) is 19.6 Å². The maximum atomic E-state index is 12.0. The fourth-order valence-electron chi connectivity index (χ4n) is 2.76. The van der Waals surface area contributed by atoms with Crippen LogP contribution in [0, 0.1) is 0 Å². The summed E-state index contributed by atoms with van der Waals surface area (Å²) in [4.78, 5) is 16.4. The maximum absolute atomic E-state index is 12.0. The van der Waals surface area contributed by atoms with Crippen LogP contribution in [0.4, 0.5) is 0 Å².